The molecule has 3 aliphatic carbocycles. The standard InChI is InChI=1S/C41H52/c1-10-27(3)33-17-15-31(20-33)22-38-29(5)18-26(2)19-40(38)36-13-11-12-34-21-32(24-39(34)36)23-37-28(4)14-16-35(30(37)6)25-41(7,8)9/h11-14,16,18-19,21,31,33,35,37H,3-4,6,10,15,17,20,22-25H2,1-2,5,7-9H3/t31-,33+,35?,37?/m1/s1. The van der Waals surface area contributed by atoms with E-state index >= 15 is 0 Å². The quantitative estimate of drug-likeness (QED) is 0.290. The molecule has 2 aromatic rings. The van der Waals surface area contributed by atoms with Crippen LogP contribution in [0.5, 0.6) is 0 Å². The Kier molecular flexibility index (Phi) is 8.52. The molecule has 216 valence electrons. The smallest absolute Gasteiger partial charge is 0.00827 e. The summed E-state index contributed by atoms with van der Waals surface area (Å²) < 4.78 is 0. The van der Waals surface area contributed by atoms with E-state index in [-0.39, 0.29) is 5.41 Å². The van der Waals surface area contributed by atoms with Crippen LogP contribution in [0.1, 0.15) is 94.0 Å². The van der Waals surface area contributed by atoms with Crippen molar-refractivity contribution in [3.05, 3.63) is 112 Å². The van der Waals surface area contributed by atoms with Gasteiger partial charge in [0.05, 0.1) is 0 Å². The highest BCUT2D eigenvalue weighted by molar-refractivity contribution is 5.80. The summed E-state index contributed by atoms with van der Waals surface area (Å²) in [6.07, 6.45) is 16.5. The largest absolute Gasteiger partial charge is 0.0996 e. The van der Waals surface area contributed by atoms with Crippen LogP contribution in [0.25, 0.3) is 17.2 Å². The van der Waals surface area contributed by atoms with Crippen molar-refractivity contribution in [1.29, 1.82) is 0 Å². The van der Waals surface area contributed by atoms with Gasteiger partial charge in [0.2, 0.25) is 0 Å². The minimum Gasteiger partial charge on any atom is -0.0996 e. The lowest BCUT2D eigenvalue weighted by Gasteiger charge is -2.33. The van der Waals surface area contributed by atoms with Crippen LogP contribution in [-0.4, -0.2) is 0 Å². The first kappa shape index (κ1) is 29.6. The SMILES string of the molecule is C=C1C=CC(CC(C)(C)C)C(=C)C1CC1=Cc2cccc(-c3cc(C)cc(C)c3C[C@@H]3CC[C@H](C(=C)CC)C3)c2C1. The van der Waals surface area contributed by atoms with Gasteiger partial charge in [-0.3, -0.25) is 0 Å². The van der Waals surface area contributed by atoms with Gasteiger partial charge in [-0.15, -0.1) is 0 Å². The fourth-order valence-electron chi connectivity index (χ4n) is 7.90. The molecule has 0 heteroatoms. The Balaban J connectivity index is 1.39. The molecule has 1 saturated carbocycles. The molecule has 2 unspecified atom stereocenters. The van der Waals surface area contributed by atoms with E-state index in [9.17, 15) is 0 Å². The summed E-state index contributed by atoms with van der Waals surface area (Å²) in [5.74, 6) is 2.25. The monoisotopic (exact) mass is 544 g/mol. The van der Waals surface area contributed by atoms with E-state index in [2.05, 4.69) is 110 Å². The molecule has 0 heterocycles. The van der Waals surface area contributed by atoms with Crippen molar-refractivity contribution in [1.82, 2.24) is 0 Å². The second-order valence-corrected chi connectivity index (χ2v) is 14.7. The Morgan fingerprint density at radius 1 is 1.00 bits per heavy atom. The number of benzene rings is 2. The number of aryl methyl sites for hydroxylation is 2. The maximum atomic E-state index is 4.62. The van der Waals surface area contributed by atoms with Crippen LogP contribution in [0.4, 0.5) is 0 Å². The highest BCUT2D eigenvalue weighted by atomic mass is 14.4. The molecule has 0 aromatic heterocycles. The number of hydrogen-bond acceptors (Lipinski definition) is 0. The fourth-order valence-corrected chi connectivity index (χ4v) is 7.90. The molecule has 0 aliphatic heterocycles. The van der Waals surface area contributed by atoms with Crippen LogP contribution in [-0.2, 0) is 12.8 Å². The van der Waals surface area contributed by atoms with Crippen molar-refractivity contribution >= 4 is 6.08 Å². The first-order valence-electron chi connectivity index (χ1n) is 16.1. The van der Waals surface area contributed by atoms with E-state index in [4.69, 9.17) is 0 Å². The summed E-state index contributed by atoms with van der Waals surface area (Å²) in [5.41, 5.74) is 16.0. The van der Waals surface area contributed by atoms with Gasteiger partial charge in [0.15, 0.2) is 0 Å². The normalized spacial score (nSPS) is 24.1. The topological polar surface area (TPSA) is 0 Å². The number of hydrogen-bond donors (Lipinski definition) is 0. The highest BCUT2D eigenvalue weighted by Gasteiger charge is 2.31. The van der Waals surface area contributed by atoms with Gasteiger partial charge in [-0.05, 0) is 127 Å². The molecule has 0 amide bonds. The summed E-state index contributed by atoms with van der Waals surface area (Å²) >= 11 is 0. The molecule has 0 bridgehead atoms. The van der Waals surface area contributed by atoms with E-state index in [1.165, 1.54) is 81.4 Å². The van der Waals surface area contributed by atoms with Crippen molar-refractivity contribution in [2.45, 2.75) is 92.9 Å². The van der Waals surface area contributed by atoms with Gasteiger partial charge in [-0.1, -0.05) is 118 Å². The lowest BCUT2D eigenvalue weighted by molar-refractivity contribution is 0.334. The lowest BCUT2D eigenvalue weighted by Crippen LogP contribution is -2.21. The Morgan fingerprint density at radius 3 is 2.51 bits per heavy atom. The third-order valence-electron chi connectivity index (χ3n) is 10.2. The van der Waals surface area contributed by atoms with Crippen LogP contribution in [0.2, 0.25) is 0 Å². The zero-order valence-electron chi connectivity index (χ0n) is 26.7. The molecule has 0 N–H and O–H groups in total. The Bertz CT molecular complexity index is 1410. The van der Waals surface area contributed by atoms with E-state index < -0.39 is 0 Å². The predicted octanol–water partition coefficient (Wildman–Crippen LogP) is 11.6. The van der Waals surface area contributed by atoms with Crippen molar-refractivity contribution in [2.75, 3.05) is 0 Å². The van der Waals surface area contributed by atoms with Gasteiger partial charge in [0.1, 0.15) is 0 Å². The van der Waals surface area contributed by atoms with Gasteiger partial charge >= 0.3 is 0 Å². The van der Waals surface area contributed by atoms with Crippen LogP contribution in [0, 0.1) is 42.9 Å². The zero-order valence-corrected chi connectivity index (χ0v) is 26.7. The molecule has 41 heavy (non-hydrogen) atoms. The minimum absolute atomic E-state index is 0.284. The summed E-state index contributed by atoms with van der Waals surface area (Å²) in [6.45, 7) is 27.3. The molecule has 0 spiro atoms. The molecule has 2 aromatic carbocycles. The van der Waals surface area contributed by atoms with Crippen LogP contribution < -0.4 is 0 Å². The second kappa shape index (κ2) is 11.8. The molecular weight excluding hydrogens is 492 g/mol. The summed E-state index contributed by atoms with van der Waals surface area (Å²) in [7, 11) is 0. The summed E-state index contributed by atoms with van der Waals surface area (Å²) in [6, 6.07) is 11.8. The molecule has 5 rings (SSSR count). The van der Waals surface area contributed by atoms with Crippen molar-refractivity contribution in [3.8, 4) is 11.1 Å². The molecule has 0 nitrogen and oxygen atoms in total. The molecule has 4 atom stereocenters. The maximum absolute atomic E-state index is 4.62. The average molecular weight is 545 g/mol. The summed E-state index contributed by atoms with van der Waals surface area (Å²) in [5, 5.41) is 0. The predicted molar refractivity (Wildman–Crippen MR) is 180 cm³/mol. The maximum Gasteiger partial charge on any atom is 0.00827 e. The van der Waals surface area contributed by atoms with E-state index in [0.29, 0.717) is 17.8 Å². The third-order valence-corrected chi connectivity index (χ3v) is 10.2. The second-order valence-electron chi connectivity index (χ2n) is 14.7. The van der Waals surface area contributed by atoms with Crippen LogP contribution in [0.15, 0.2) is 84.5 Å². The van der Waals surface area contributed by atoms with Gasteiger partial charge < -0.3 is 0 Å². The third kappa shape index (κ3) is 6.48. The first-order chi connectivity index (χ1) is 19.4. The molecule has 1 fully saturated rings. The zero-order chi connectivity index (χ0) is 29.5. The Labute approximate surface area is 251 Å². The fraction of sp³-hybridized carbons (Fsp3) is 0.463. The van der Waals surface area contributed by atoms with Gasteiger partial charge in [-0.25, -0.2) is 0 Å². The lowest BCUT2D eigenvalue weighted by atomic mass is 9.71. The molecule has 0 radical (unpaired) electrons. The van der Waals surface area contributed by atoms with Crippen LogP contribution >= 0.6 is 0 Å². The van der Waals surface area contributed by atoms with E-state index in [1.807, 2.05) is 0 Å². The average Bonchev–Trinajstić information content (AvgIpc) is 3.55. The summed E-state index contributed by atoms with van der Waals surface area (Å²) in [4.78, 5) is 0. The van der Waals surface area contributed by atoms with Crippen molar-refractivity contribution in [2.24, 2.45) is 29.1 Å². The number of allylic oxidation sites excluding steroid dienone is 6. The van der Waals surface area contributed by atoms with Crippen LogP contribution in [0.3, 0.4) is 0 Å². The molecule has 0 saturated heterocycles. The van der Waals surface area contributed by atoms with E-state index in [1.54, 1.807) is 5.56 Å². The minimum atomic E-state index is 0.284. The van der Waals surface area contributed by atoms with Crippen molar-refractivity contribution < 1.29 is 0 Å². The van der Waals surface area contributed by atoms with Gasteiger partial charge in [0, 0.05) is 5.92 Å². The van der Waals surface area contributed by atoms with E-state index in [0.717, 1.165) is 31.6 Å². The highest BCUT2D eigenvalue weighted by Crippen LogP contribution is 2.45. The Hall–Kier alpha value is -2.86. The van der Waals surface area contributed by atoms with Gasteiger partial charge in [-0.2, -0.15) is 0 Å². The van der Waals surface area contributed by atoms with Crippen molar-refractivity contribution in [3.63, 3.8) is 0 Å². The number of rotatable bonds is 8. The molecule has 3 aliphatic rings. The van der Waals surface area contributed by atoms with Gasteiger partial charge in [0.25, 0.3) is 0 Å². The Morgan fingerprint density at radius 2 is 1.78 bits per heavy atom. The molecular formula is C41H52. The first-order valence-corrected chi connectivity index (χ1v) is 16.1. The number of fused-ring (bicyclic) bond motifs is 1.